The minimum absolute atomic E-state index is 0.108. The van der Waals surface area contributed by atoms with Crippen molar-refractivity contribution in [2.75, 3.05) is 12.3 Å². The number of benzene rings is 2. The molecule has 33 heavy (non-hydrogen) atoms. The monoisotopic (exact) mass is 444 g/mol. The molecule has 170 valence electrons. The van der Waals surface area contributed by atoms with Gasteiger partial charge in [0.15, 0.2) is 6.19 Å². The van der Waals surface area contributed by atoms with Crippen molar-refractivity contribution in [3.8, 4) is 28.9 Å². The maximum Gasteiger partial charge on any atom is 0.254 e. The predicted octanol–water partition coefficient (Wildman–Crippen LogP) is 4.17. The highest BCUT2D eigenvalue weighted by atomic mass is 16.5. The van der Waals surface area contributed by atoms with E-state index in [-0.39, 0.29) is 23.5 Å². The van der Waals surface area contributed by atoms with Gasteiger partial charge in [-0.1, -0.05) is 25.1 Å². The highest BCUT2D eigenvalue weighted by molar-refractivity contribution is 6.03. The van der Waals surface area contributed by atoms with Crippen molar-refractivity contribution in [1.82, 2.24) is 14.7 Å². The van der Waals surface area contributed by atoms with Crippen LogP contribution in [0, 0.1) is 17.4 Å². The van der Waals surface area contributed by atoms with E-state index in [2.05, 4.69) is 18.2 Å². The number of hydrogen-bond acceptors (Lipinski definition) is 6. The lowest BCUT2D eigenvalue weighted by molar-refractivity contribution is 0.100. The third-order valence-corrected chi connectivity index (χ3v) is 6.08. The van der Waals surface area contributed by atoms with E-state index in [1.54, 1.807) is 4.68 Å². The van der Waals surface area contributed by atoms with E-state index in [1.807, 2.05) is 66.4 Å². The summed E-state index contributed by atoms with van der Waals surface area (Å²) in [5.41, 5.74) is 13.4. The topological polar surface area (TPSA) is 123 Å². The fourth-order valence-corrected chi connectivity index (χ4v) is 4.52. The van der Waals surface area contributed by atoms with E-state index in [0.717, 1.165) is 24.3 Å². The molecular weight excluding hydrogens is 416 g/mol. The number of nitrogens with two attached hydrogens (primary N) is 2. The van der Waals surface area contributed by atoms with Gasteiger partial charge in [-0.25, -0.2) is 4.68 Å². The Kier molecular flexibility index (Phi) is 6.22. The zero-order valence-electron chi connectivity index (χ0n) is 18.8. The van der Waals surface area contributed by atoms with Crippen molar-refractivity contribution < 1.29 is 9.53 Å². The Hall–Kier alpha value is -3.99. The average Bonchev–Trinajstić information content (AvgIpc) is 3.34. The van der Waals surface area contributed by atoms with Gasteiger partial charge in [0.25, 0.3) is 5.91 Å². The van der Waals surface area contributed by atoms with E-state index in [0.29, 0.717) is 23.8 Å². The lowest BCUT2D eigenvalue weighted by Gasteiger charge is -2.22. The lowest BCUT2D eigenvalue weighted by atomic mass is 10.0. The number of likely N-dealkylation sites (tertiary alicyclic amines) is 1. The number of rotatable bonds is 7. The quantitative estimate of drug-likeness (QED) is 0.527. The Morgan fingerprint density at radius 3 is 2.52 bits per heavy atom. The summed E-state index contributed by atoms with van der Waals surface area (Å²) in [6.07, 6.45) is 3.93. The molecule has 0 bridgehead atoms. The fourth-order valence-electron chi connectivity index (χ4n) is 4.52. The molecule has 1 fully saturated rings. The minimum atomic E-state index is -0.626. The molecule has 8 heteroatoms. The standard InChI is InChI=1S/C25H28N6O2/c1-16-12-19(30(14-16)15-26)13-17(2)31-24(27)22(25(28)32)23(29-31)18-8-10-21(11-9-18)33-20-6-4-3-5-7-20/h3-11,16-17,19H,12-14,27H2,1-2H3,(H2,28,32). The van der Waals surface area contributed by atoms with Crippen LogP contribution >= 0.6 is 0 Å². The number of ether oxygens (including phenoxy) is 1. The van der Waals surface area contributed by atoms with Crippen molar-refractivity contribution in [1.29, 1.82) is 5.26 Å². The van der Waals surface area contributed by atoms with Crippen molar-refractivity contribution in [2.24, 2.45) is 11.7 Å². The molecule has 1 aliphatic heterocycles. The molecule has 3 aromatic rings. The largest absolute Gasteiger partial charge is 0.457 e. The summed E-state index contributed by atoms with van der Waals surface area (Å²) in [6, 6.07) is 16.8. The van der Waals surface area contributed by atoms with Crippen LogP contribution in [0.1, 0.15) is 43.1 Å². The van der Waals surface area contributed by atoms with E-state index in [4.69, 9.17) is 16.2 Å². The Balaban J connectivity index is 1.59. The van der Waals surface area contributed by atoms with Crippen LogP contribution in [0.5, 0.6) is 11.5 Å². The Morgan fingerprint density at radius 2 is 1.88 bits per heavy atom. The second-order valence-corrected chi connectivity index (χ2v) is 8.69. The zero-order chi connectivity index (χ0) is 23.5. The summed E-state index contributed by atoms with van der Waals surface area (Å²) >= 11 is 0. The molecule has 4 rings (SSSR count). The van der Waals surface area contributed by atoms with Crippen LogP contribution in [0.15, 0.2) is 54.6 Å². The van der Waals surface area contributed by atoms with E-state index >= 15 is 0 Å². The zero-order valence-corrected chi connectivity index (χ0v) is 18.8. The molecular formula is C25H28N6O2. The van der Waals surface area contributed by atoms with Crippen LogP contribution < -0.4 is 16.2 Å². The SMILES string of the molecule is CC1CC(CC(C)n2nc(-c3ccc(Oc4ccccc4)cc3)c(C(N)=O)c2N)N(C#N)C1. The molecule has 2 aromatic carbocycles. The molecule has 0 saturated carbocycles. The third-order valence-electron chi connectivity index (χ3n) is 6.08. The lowest BCUT2D eigenvalue weighted by Crippen LogP contribution is -2.27. The van der Waals surface area contributed by atoms with Gasteiger partial charge in [-0.05, 0) is 62.1 Å². The number of anilines is 1. The van der Waals surface area contributed by atoms with Gasteiger partial charge < -0.3 is 21.1 Å². The summed E-state index contributed by atoms with van der Waals surface area (Å²) in [4.78, 5) is 14.1. The number of nitriles is 1. The van der Waals surface area contributed by atoms with Gasteiger partial charge in [0.05, 0.1) is 6.04 Å². The van der Waals surface area contributed by atoms with Crippen LogP contribution in [0.25, 0.3) is 11.3 Å². The number of para-hydroxylation sites is 1. The van der Waals surface area contributed by atoms with Gasteiger partial charge in [-0.15, -0.1) is 0 Å². The number of hydrogen-bond donors (Lipinski definition) is 2. The fraction of sp³-hybridized carbons (Fsp3) is 0.320. The Bertz CT molecular complexity index is 1170. The van der Waals surface area contributed by atoms with Crippen molar-refractivity contribution in [3.05, 3.63) is 60.2 Å². The smallest absolute Gasteiger partial charge is 0.254 e. The van der Waals surface area contributed by atoms with Crippen LogP contribution in [-0.4, -0.2) is 33.2 Å². The summed E-state index contributed by atoms with van der Waals surface area (Å²) in [5.74, 6) is 1.48. The van der Waals surface area contributed by atoms with Gasteiger partial charge in [0.1, 0.15) is 28.6 Å². The molecule has 3 unspecified atom stereocenters. The number of nitrogen functional groups attached to an aromatic ring is 1. The molecule has 1 saturated heterocycles. The van der Waals surface area contributed by atoms with Gasteiger partial charge in [0, 0.05) is 18.2 Å². The molecule has 3 atom stereocenters. The number of nitrogens with zero attached hydrogens (tertiary/aromatic N) is 4. The highest BCUT2D eigenvalue weighted by Crippen LogP contribution is 2.34. The number of primary amides is 1. The molecule has 8 nitrogen and oxygen atoms in total. The number of aromatic nitrogens is 2. The van der Waals surface area contributed by atoms with Crippen LogP contribution in [0.4, 0.5) is 5.82 Å². The van der Waals surface area contributed by atoms with E-state index in [1.165, 1.54) is 0 Å². The summed E-state index contributed by atoms with van der Waals surface area (Å²) < 4.78 is 7.50. The molecule has 2 heterocycles. The highest BCUT2D eigenvalue weighted by Gasteiger charge is 2.32. The van der Waals surface area contributed by atoms with Gasteiger partial charge in [-0.2, -0.15) is 10.4 Å². The maximum absolute atomic E-state index is 12.3. The molecule has 4 N–H and O–H groups in total. The van der Waals surface area contributed by atoms with E-state index in [9.17, 15) is 10.1 Å². The van der Waals surface area contributed by atoms with Gasteiger partial charge >= 0.3 is 0 Å². The molecule has 1 aromatic heterocycles. The summed E-state index contributed by atoms with van der Waals surface area (Å²) in [5, 5.41) is 14.1. The third kappa shape index (κ3) is 4.62. The minimum Gasteiger partial charge on any atom is -0.457 e. The van der Waals surface area contributed by atoms with Gasteiger partial charge in [-0.3, -0.25) is 4.79 Å². The second kappa shape index (κ2) is 9.25. The van der Waals surface area contributed by atoms with Crippen molar-refractivity contribution in [3.63, 3.8) is 0 Å². The molecule has 1 aliphatic rings. The van der Waals surface area contributed by atoms with E-state index < -0.39 is 5.91 Å². The average molecular weight is 445 g/mol. The predicted molar refractivity (Wildman–Crippen MR) is 126 cm³/mol. The molecule has 1 amide bonds. The Labute approximate surface area is 193 Å². The van der Waals surface area contributed by atoms with Gasteiger partial charge in [0.2, 0.25) is 0 Å². The molecule has 0 aliphatic carbocycles. The first-order chi connectivity index (χ1) is 15.9. The second-order valence-electron chi connectivity index (χ2n) is 8.69. The van der Waals surface area contributed by atoms with Crippen molar-refractivity contribution >= 4 is 11.7 Å². The summed E-state index contributed by atoms with van der Waals surface area (Å²) in [7, 11) is 0. The number of amides is 1. The Morgan fingerprint density at radius 1 is 1.21 bits per heavy atom. The molecule has 0 spiro atoms. The number of carbonyl (C=O) groups excluding carboxylic acids is 1. The van der Waals surface area contributed by atoms with Crippen molar-refractivity contribution in [2.45, 2.75) is 38.8 Å². The first kappa shape index (κ1) is 22.2. The summed E-state index contributed by atoms with van der Waals surface area (Å²) in [6.45, 7) is 4.90. The first-order valence-corrected chi connectivity index (χ1v) is 11.0. The van der Waals surface area contributed by atoms with Crippen LogP contribution in [-0.2, 0) is 0 Å². The maximum atomic E-state index is 12.3. The normalized spacial score (nSPS) is 18.6. The first-order valence-electron chi connectivity index (χ1n) is 11.0. The van der Waals surface area contributed by atoms with Crippen LogP contribution in [0.3, 0.4) is 0 Å². The number of carbonyl (C=O) groups is 1. The van der Waals surface area contributed by atoms with Crippen LogP contribution in [0.2, 0.25) is 0 Å². The molecule has 0 radical (unpaired) electrons.